The van der Waals surface area contributed by atoms with E-state index in [2.05, 4.69) is 49.9 Å². The van der Waals surface area contributed by atoms with Gasteiger partial charge in [0.1, 0.15) is 5.82 Å². The van der Waals surface area contributed by atoms with Gasteiger partial charge in [-0.1, -0.05) is 6.07 Å². The van der Waals surface area contributed by atoms with Crippen molar-refractivity contribution in [3.8, 4) is 0 Å². The van der Waals surface area contributed by atoms with Crippen molar-refractivity contribution in [2.24, 2.45) is 0 Å². The maximum atomic E-state index is 12.3. The van der Waals surface area contributed by atoms with Crippen LogP contribution in [-0.4, -0.2) is 46.0 Å². The molecule has 2 aliphatic rings. The predicted molar refractivity (Wildman–Crippen MR) is 111 cm³/mol. The molecule has 0 bridgehead atoms. The van der Waals surface area contributed by atoms with E-state index < -0.39 is 0 Å². The van der Waals surface area contributed by atoms with E-state index in [0.29, 0.717) is 5.92 Å². The van der Waals surface area contributed by atoms with Crippen LogP contribution in [0.4, 0.5) is 5.82 Å². The molecule has 1 saturated carbocycles. The number of piperazine rings is 1. The predicted octanol–water partition coefficient (Wildman–Crippen LogP) is 2.83. The van der Waals surface area contributed by atoms with Gasteiger partial charge in [-0.2, -0.15) is 0 Å². The number of H-pyrrole nitrogens is 1. The largest absolute Gasteiger partial charge is 0.354 e. The lowest BCUT2D eigenvalue weighted by molar-refractivity contribution is 0.249. The Hall–Kier alpha value is -2.73. The summed E-state index contributed by atoms with van der Waals surface area (Å²) in [5.41, 5.74) is 5.01. The zero-order valence-corrected chi connectivity index (χ0v) is 16.2. The lowest BCUT2D eigenvalue weighted by atomic mass is 10.1. The van der Waals surface area contributed by atoms with Crippen molar-refractivity contribution in [3.63, 3.8) is 0 Å². The Labute approximate surface area is 164 Å². The van der Waals surface area contributed by atoms with Crippen molar-refractivity contribution in [2.45, 2.75) is 32.2 Å². The second-order valence-corrected chi connectivity index (χ2v) is 8.06. The van der Waals surface area contributed by atoms with E-state index in [4.69, 9.17) is 0 Å². The minimum atomic E-state index is 0.0492. The van der Waals surface area contributed by atoms with E-state index in [9.17, 15) is 4.79 Å². The first-order valence-electron chi connectivity index (χ1n) is 10.1. The number of hydrogen-bond donors (Lipinski definition) is 1. The van der Waals surface area contributed by atoms with Gasteiger partial charge < -0.3 is 9.88 Å². The van der Waals surface area contributed by atoms with Gasteiger partial charge in [0.05, 0.1) is 11.0 Å². The van der Waals surface area contributed by atoms with Crippen molar-refractivity contribution in [2.75, 3.05) is 31.1 Å². The maximum absolute atomic E-state index is 12.3. The third-order valence-electron chi connectivity index (χ3n) is 5.79. The van der Waals surface area contributed by atoms with Crippen LogP contribution < -0.4 is 10.5 Å². The fourth-order valence-electron chi connectivity index (χ4n) is 3.97. The summed E-state index contributed by atoms with van der Waals surface area (Å²) in [5, 5.41) is 0. The van der Waals surface area contributed by atoms with E-state index in [-0.39, 0.29) is 5.56 Å². The molecule has 5 rings (SSSR count). The van der Waals surface area contributed by atoms with Crippen LogP contribution >= 0.6 is 0 Å². The molecule has 0 aromatic carbocycles. The molecule has 2 fully saturated rings. The lowest BCUT2D eigenvalue weighted by Crippen LogP contribution is -2.46. The number of aromatic nitrogens is 3. The highest BCUT2D eigenvalue weighted by Gasteiger charge is 2.26. The van der Waals surface area contributed by atoms with E-state index in [0.717, 1.165) is 73.5 Å². The second kappa shape index (κ2) is 7.02. The van der Waals surface area contributed by atoms with Gasteiger partial charge in [0.15, 0.2) is 0 Å². The Morgan fingerprint density at radius 1 is 1.07 bits per heavy atom. The summed E-state index contributed by atoms with van der Waals surface area (Å²) in [4.78, 5) is 29.3. The molecule has 1 aliphatic heterocycles. The molecule has 0 spiro atoms. The molecule has 0 unspecified atom stereocenters. The van der Waals surface area contributed by atoms with Gasteiger partial charge in [-0.25, -0.2) is 4.98 Å². The molecule has 6 heteroatoms. The van der Waals surface area contributed by atoms with E-state index in [1.807, 2.05) is 18.5 Å². The summed E-state index contributed by atoms with van der Waals surface area (Å²) in [5.74, 6) is 1.50. The number of aryl methyl sites for hydroxylation is 1. The van der Waals surface area contributed by atoms with Crippen molar-refractivity contribution >= 4 is 16.9 Å². The summed E-state index contributed by atoms with van der Waals surface area (Å²) >= 11 is 0. The third-order valence-corrected chi connectivity index (χ3v) is 5.79. The molecule has 0 atom stereocenters. The molecule has 3 aromatic heterocycles. The fourth-order valence-corrected chi connectivity index (χ4v) is 3.97. The molecular weight excluding hydrogens is 350 g/mol. The van der Waals surface area contributed by atoms with Crippen LogP contribution in [0.1, 0.15) is 35.4 Å². The first-order chi connectivity index (χ1) is 13.7. The van der Waals surface area contributed by atoms with Crippen molar-refractivity contribution < 1.29 is 0 Å². The summed E-state index contributed by atoms with van der Waals surface area (Å²) in [6.07, 6.45) is 6.12. The monoisotopic (exact) mass is 375 g/mol. The fraction of sp³-hybridized carbons (Fsp3) is 0.409. The van der Waals surface area contributed by atoms with Crippen molar-refractivity contribution in [3.05, 3.63) is 63.7 Å². The highest BCUT2D eigenvalue weighted by Crippen LogP contribution is 2.38. The Kier molecular flexibility index (Phi) is 4.36. The Morgan fingerprint density at radius 2 is 1.89 bits per heavy atom. The van der Waals surface area contributed by atoms with Crippen LogP contribution in [0.25, 0.3) is 11.0 Å². The van der Waals surface area contributed by atoms with E-state index in [1.165, 1.54) is 5.56 Å². The first-order valence-corrected chi connectivity index (χ1v) is 10.1. The number of nitrogens with zero attached hydrogens (tertiary/aromatic N) is 4. The van der Waals surface area contributed by atoms with Crippen LogP contribution in [0.2, 0.25) is 0 Å². The van der Waals surface area contributed by atoms with Crippen LogP contribution in [0.3, 0.4) is 0 Å². The number of pyridine rings is 3. The number of nitrogens with one attached hydrogen (secondary N) is 1. The molecular formula is C22H25N5O. The third kappa shape index (κ3) is 3.52. The number of aromatic amines is 1. The lowest BCUT2D eigenvalue weighted by Gasteiger charge is -2.35. The van der Waals surface area contributed by atoms with Crippen molar-refractivity contribution in [1.29, 1.82) is 0 Å². The highest BCUT2D eigenvalue weighted by atomic mass is 16.1. The molecule has 1 N–H and O–H groups in total. The molecule has 1 saturated heterocycles. The minimum absolute atomic E-state index is 0.0492. The quantitative estimate of drug-likeness (QED) is 0.760. The van der Waals surface area contributed by atoms with Gasteiger partial charge in [-0.15, -0.1) is 0 Å². The first kappa shape index (κ1) is 17.4. The topological polar surface area (TPSA) is 65.1 Å². The molecule has 3 aromatic rings. The number of fused-ring (bicyclic) bond motifs is 1. The van der Waals surface area contributed by atoms with Gasteiger partial charge in [-0.05, 0) is 55.0 Å². The SMILES string of the molecule is Cc1ccc(N2CCN(Cc3cnc4cc(C5CC5)c(=O)[nH]c4c3)CC2)nc1. The summed E-state index contributed by atoms with van der Waals surface area (Å²) in [6.45, 7) is 6.84. The van der Waals surface area contributed by atoms with Gasteiger partial charge in [-0.3, -0.25) is 14.7 Å². The summed E-state index contributed by atoms with van der Waals surface area (Å²) in [7, 11) is 0. The average Bonchev–Trinajstić information content (AvgIpc) is 3.54. The van der Waals surface area contributed by atoms with Crippen LogP contribution in [0, 0.1) is 6.92 Å². The number of hydrogen-bond acceptors (Lipinski definition) is 5. The zero-order valence-electron chi connectivity index (χ0n) is 16.2. The van der Waals surface area contributed by atoms with Crippen molar-refractivity contribution in [1.82, 2.24) is 19.9 Å². The van der Waals surface area contributed by atoms with Crippen LogP contribution in [0.5, 0.6) is 0 Å². The number of rotatable bonds is 4. The minimum Gasteiger partial charge on any atom is -0.354 e. The normalized spacial score (nSPS) is 18.0. The Bertz CT molecular complexity index is 1050. The van der Waals surface area contributed by atoms with E-state index >= 15 is 0 Å². The van der Waals surface area contributed by atoms with E-state index in [1.54, 1.807) is 0 Å². The van der Waals surface area contributed by atoms with Crippen LogP contribution in [-0.2, 0) is 6.54 Å². The van der Waals surface area contributed by atoms with Crippen LogP contribution in [0.15, 0.2) is 41.5 Å². The smallest absolute Gasteiger partial charge is 0.252 e. The summed E-state index contributed by atoms with van der Waals surface area (Å²) < 4.78 is 0. The zero-order chi connectivity index (χ0) is 19.1. The Morgan fingerprint density at radius 3 is 2.61 bits per heavy atom. The maximum Gasteiger partial charge on any atom is 0.252 e. The second-order valence-electron chi connectivity index (χ2n) is 8.06. The number of anilines is 1. The molecule has 0 amide bonds. The van der Waals surface area contributed by atoms with Gasteiger partial charge in [0.2, 0.25) is 0 Å². The molecule has 144 valence electrons. The Balaban J connectivity index is 1.26. The molecule has 4 heterocycles. The van der Waals surface area contributed by atoms with Gasteiger partial charge in [0, 0.05) is 50.7 Å². The molecule has 1 aliphatic carbocycles. The molecule has 28 heavy (non-hydrogen) atoms. The van der Waals surface area contributed by atoms with Gasteiger partial charge in [0.25, 0.3) is 5.56 Å². The molecule has 6 nitrogen and oxygen atoms in total. The standard InChI is InChI=1S/C22H25N5O/c1-15-2-5-21(24-12-15)27-8-6-26(7-9-27)14-16-10-20-19(23-13-16)11-18(17-3-4-17)22(28)25-20/h2,5,10-13,17H,3-4,6-9,14H2,1H3,(H,25,28). The average molecular weight is 375 g/mol. The highest BCUT2D eigenvalue weighted by molar-refractivity contribution is 5.75. The van der Waals surface area contributed by atoms with Gasteiger partial charge >= 0.3 is 0 Å². The summed E-state index contributed by atoms with van der Waals surface area (Å²) in [6, 6.07) is 8.27. The molecule has 0 radical (unpaired) electrons.